The molecule has 0 fully saturated rings. The second-order valence-corrected chi connectivity index (χ2v) is 4.23. The summed E-state index contributed by atoms with van der Waals surface area (Å²) in [7, 11) is 2.80. The smallest absolute Gasteiger partial charge is 0.374 e. The van der Waals surface area contributed by atoms with Crippen LogP contribution in [0.15, 0.2) is 17.4 Å². The number of rotatable bonds is 8. The number of hydrogen-bond acceptors (Lipinski definition) is 9. The van der Waals surface area contributed by atoms with E-state index in [2.05, 4.69) is 9.97 Å². The van der Waals surface area contributed by atoms with Crippen LogP contribution in [0.25, 0.3) is 0 Å². The Bertz CT molecular complexity index is 606. The van der Waals surface area contributed by atoms with Crippen LogP contribution in [0.5, 0.6) is 17.8 Å². The van der Waals surface area contributed by atoms with E-state index in [0.717, 1.165) is 0 Å². The van der Waals surface area contributed by atoms with Gasteiger partial charge in [-0.05, 0) is 20.8 Å². The van der Waals surface area contributed by atoms with Crippen molar-refractivity contribution in [2.45, 2.75) is 20.8 Å². The standard InChI is InChI=1S/C15H20N2O7/c1-6-22-13(18)9(3)12(14(19)23-7-2)24-15-16-10(20-4)8-11(17-15)21-5/h8H,6-7H2,1-5H3. The highest BCUT2D eigenvalue weighted by Crippen LogP contribution is 2.21. The molecule has 1 aromatic heterocycles. The van der Waals surface area contributed by atoms with Crippen LogP contribution in [0.2, 0.25) is 0 Å². The van der Waals surface area contributed by atoms with Gasteiger partial charge in [-0.25, -0.2) is 9.59 Å². The Morgan fingerprint density at radius 2 is 1.46 bits per heavy atom. The zero-order valence-electron chi connectivity index (χ0n) is 14.2. The van der Waals surface area contributed by atoms with Gasteiger partial charge in [0.1, 0.15) is 0 Å². The van der Waals surface area contributed by atoms with Gasteiger partial charge in [-0.3, -0.25) is 0 Å². The van der Waals surface area contributed by atoms with Crippen molar-refractivity contribution < 1.29 is 33.3 Å². The van der Waals surface area contributed by atoms with E-state index in [1.807, 2.05) is 0 Å². The van der Waals surface area contributed by atoms with Gasteiger partial charge in [-0.15, -0.1) is 0 Å². The molecular formula is C15H20N2O7. The highest BCUT2D eigenvalue weighted by Gasteiger charge is 2.24. The third-order valence-electron chi connectivity index (χ3n) is 2.65. The Labute approximate surface area is 139 Å². The molecule has 0 spiro atoms. The van der Waals surface area contributed by atoms with Gasteiger partial charge in [0.2, 0.25) is 17.5 Å². The van der Waals surface area contributed by atoms with E-state index < -0.39 is 11.9 Å². The Hall–Kier alpha value is -2.84. The first-order chi connectivity index (χ1) is 11.5. The highest BCUT2D eigenvalue weighted by atomic mass is 16.6. The summed E-state index contributed by atoms with van der Waals surface area (Å²) in [4.78, 5) is 31.8. The number of carbonyl (C=O) groups is 2. The van der Waals surface area contributed by atoms with Crippen LogP contribution in [-0.4, -0.2) is 49.3 Å². The molecule has 0 bridgehead atoms. The minimum absolute atomic E-state index is 0.0688. The van der Waals surface area contributed by atoms with E-state index in [-0.39, 0.29) is 42.3 Å². The third-order valence-corrected chi connectivity index (χ3v) is 2.65. The van der Waals surface area contributed by atoms with Gasteiger partial charge in [0.25, 0.3) is 0 Å². The van der Waals surface area contributed by atoms with Crippen LogP contribution in [0.1, 0.15) is 20.8 Å². The lowest BCUT2D eigenvalue weighted by atomic mass is 10.2. The predicted molar refractivity (Wildman–Crippen MR) is 81.7 cm³/mol. The van der Waals surface area contributed by atoms with Gasteiger partial charge in [-0.1, -0.05) is 0 Å². The van der Waals surface area contributed by atoms with Crippen molar-refractivity contribution in [1.82, 2.24) is 9.97 Å². The van der Waals surface area contributed by atoms with Crippen molar-refractivity contribution in [2.75, 3.05) is 27.4 Å². The lowest BCUT2D eigenvalue weighted by Crippen LogP contribution is -2.20. The summed E-state index contributed by atoms with van der Waals surface area (Å²) >= 11 is 0. The Balaban J connectivity index is 3.24. The molecule has 0 aliphatic rings. The Morgan fingerprint density at radius 1 is 0.958 bits per heavy atom. The molecule has 1 rings (SSSR count). The largest absolute Gasteiger partial charge is 0.481 e. The Morgan fingerprint density at radius 3 is 1.92 bits per heavy atom. The van der Waals surface area contributed by atoms with Crippen LogP contribution >= 0.6 is 0 Å². The molecule has 0 aromatic carbocycles. The molecule has 9 nitrogen and oxygen atoms in total. The number of hydrogen-bond donors (Lipinski definition) is 0. The SMILES string of the molecule is CCOC(=O)C(C)=C(Oc1nc(OC)cc(OC)n1)C(=O)OCC. The van der Waals surface area contributed by atoms with E-state index in [1.165, 1.54) is 27.2 Å². The van der Waals surface area contributed by atoms with E-state index in [4.69, 9.17) is 23.7 Å². The molecule has 0 aliphatic carbocycles. The van der Waals surface area contributed by atoms with Crippen molar-refractivity contribution in [2.24, 2.45) is 0 Å². The minimum Gasteiger partial charge on any atom is -0.481 e. The quantitative estimate of drug-likeness (QED) is 0.393. The van der Waals surface area contributed by atoms with Gasteiger partial charge in [0.15, 0.2) is 0 Å². The monoisotopic (exact) mass is 340 g/mol. The first-order valence-electron chi connectivity index (χ1n) is 7.16. The zero-order chi connectivity index (χ0) is 18.1. The highest BCUT2D eigenvalue weighted by molar-refractivity contribution is 5.98. The molecule has 0 atom stereocenters. The number of methoxy groups -OCH3 is 2. The van der Waals surface area contributed by atoms with E-state index in [0.29, 0.717) is 0 Å². The normalized spacial score (nSPS) is 11.2. The number of carbonyl (C=O) groups excluding carboxylic acids is 2. The summed E-state index contributed by atoms with van der Waals surface area (Å²) in [6.07, 6.45) is 0. The van der Waals surface area contributed by atoms with Crippen molar-refractivity contribution in [3.8, 4) is 17.8 Å². The van der Waals surface area contributed by atoms with Crippen molar-refractivity contribution in [3.63, 3.8) is 0 Å². The molecule has 9 heteroatoms. The van der Waals surface area contributed by atoms with Gasteiger partial charge in [0.05, 0.1) is 39.1 Å². The average molecular weight is 340 g/mol. The summed E-state index contributed by atoms with van der Waals surface area (Å²) in [6.45, 7) is 4.90. The lowest BCUT2D eigenvalue weighted by Gasteiger charge is -2.12. The molecular weight excluding hydrogens is 320 g/mol. The molecule has 1 aromatic rings. The molecule has 1 heterocycles. The fourth-order valence-electron chi connectivity index (χ4n) is 1.53. The maximum Gasteiger partial charge on any atom is 0.374 e. The summed E-state index contributed by atoms with van der Waals surface area (Å²) in [6, 6.07) is 1.19. The van der Waals surface area contributed by atoms with Crippen LogP contribution in [0.3, 0.4) is 0 Å². The van der Waals surface area contributed by atoms with Crippen LogP contribution in [0, 0.1) is 0 Å². The fourth-order valence-corrected chi connectivity index (χ4v) is 1.53. The van der Waals surface area contributed by atoms with E-state index >= 15 is 0 Å². The molecule has 0 radical (unpaired) electrons. The van der Waals surface area contributed by atoms with Crippen molar-refractivity contribution >= 4 is 11.9 Å². The predicted octanol–water partition coefficient (Wildman–Crippen LogP) is 1.27. The molecule has 132 valence electrons. The van der Waals surface area contributed by atoms with Crippen LogP contribution in [-0.2, 0) is 19.1 Å². The van der Waals surface area contributed by atoms with Crippen molar-refractivity contribution in [1.29, 1.82) is 0 Å². The zero-order valence-corrected chi connectivity index (χ0v) is 14.2. The van der Waals surface area contributed by atoms with Crippen molar-refractivity contribution in [3.05, 3.63) is 17.4 Å². The molecule has 0 aliphatic heterocycles. The first kappa shape index (κ1) is 19.2. The maximum absolute atomic E-state index is 12.1. The average Bonchev–Trinajstić information content (AvgIpc) is 2.58. The molecule has 0 saturated carbocycles. The van der Waals surface area contributed by atoms with Gasteiger partial charge < -0.3 is 23.7 Å². The molecule has 0 amide bonds. The Kier molecular flexibility index (Phi) is 7.47. The minimum atomic E-state index is -0.839. The van der Waals surface area contributed by atoms with Crippen LogP contribution in [0.4, 0.5) is 0 Å². The number of ether oxygens (including phenoxy) is 5. The van der Waals surface area contributed by atoms with Crippen LogP contribution < -0.4 is 14.2 Å². The second-order valence-electron chi connectivity index (χ2n) is 4.23. The maximum atomic E-state index is 12.1. The van der Waals surface area contributed by atoms with Gasteiger partial charge in [0, 0.05) is 0 Å². The van der Waals surface area contributed by atoms with Gasteiger partial charge in [-0.2, -0.15) is 9.97 Å². The summed E-state index contributed by atoms with van der Waals surface area (Å²) in [5.74, 6) is -1.60. The summed E-state index contributed by atoms with van der Waals surface area (Å²) < 4.78 is 25.1. The first-order valence-corrected chi connectivity index (χ1v) is 7.16. The number of aromatic nitrogens is 2. The van der Waals surface area contributed by atoms with E-state index in [9.17, 15) is 9.59 Å². The van der Waals surface area contributed by atoms with E-state index in [1.54, 1.807) is 13.8 Å². The molecule has 0 saturated heterocycles. The second kappa shape index (κ2) is 9.33. The number of esters is 2. The topological polar surface area (TPSA) is 106 Å². The summed E-state index contributed by atoms with van der Waals surface area (Å²) in [5.41, 5.74) is -0.0688. The number of nitrogens with zero attached hydrogens (tertiary/aromatic N) is 2. The third kappa shape index (κ3) is 5.11. The summed E-state index contributed by atoms with van der Waals surface area (Å²) in [5, 5.41) is 0. The van der Waals surface area contributed by atoms with Gasteiger partial charge >= 0.3 is 17.9 Å². The molecule has 24 heavy (non-hydrogen) atoms. The molecule has 0 N–H and O–H groups in total. The lowest BCUT2D eigenvalue weighted by molar-refractivity contribution is -0.143. The molecule has 0 unspecified atom stereocenters. The fraction of sp³-hybridized carbons (Fsp3) is 0.467.